The Labute approximate surface area is 126 Å². The standard InChI is InChI=1S/C18H13NO3/c20-16-15-18(17(16)21)22-14-9-5-4-8-13(14)11-19(15)10-12-6-2-1-3-7-12/h1-9H,10-11H2. The molecule has 108 valence electrons. The van der Waals surface area contributed by atoms with E-state index in [4.69, 9.17) is 4.74 Å². The van der Waals surface area contributed by atoms with Crippen LogP contribution in [0, 0.1) is 0 Å². The summed E-state index contributed by atoms with van der Waals surface area (Å²) in [6, 6.07) is 17.4. The van der Waals surface area contributed by atoms with Crippen LogP contribution in [0.25, 0.3) is 0 Å². The third-order valence-corrected chi connectivity index (χ3v) is 3.92. The van der Waals surface area contributed by atoms with Gasteiger partial charge in [0.25, 0.3) is 10.9 Å². The zero-order chi connectivity index (χ0) is 15.1. The Morgan fingerprint density at radius 3 is 2.45 bits per heavy atom. The van der Waals surface area contributed by atoms with Crippen LogP contribution in [0.5, 0.6) is 11.5 Å². The molecule has 1 aliphatic heterocycles. The highest BCUT2D eigenvalue weighted by molar-refractivity contribution is 5.67. The minimum absolute atomic E-state index is 0.172. The van der Waals surface area contributed by atoms with Crippen LogP contribution < -0.4 is 20.5 Å². The largest absolute Gasteiger partial charge is 0.450 e. The molecule has 0 unspecified atom stereocenters. The highest BCUT2D eigenvalue weighted by Crippen LogP contribution is 2.36. The molecule has 0 aliphatic carbocycles. The summed E-state index contributed by atoms with van der Waals surface area (Å²) in [6.07, 6.45) is 0. The lowest BCUT2D eigenvalue weighted by Crippen LogP contribution is -2.39. The molecule has 0 spiro atoms. The van der Waals surface area contributed by atoms with E-state index < -0.39 is 10.9 Å². The average Bonchev–Trinajstić information content (AvgIpc) is 2.70. The summed E-state index contributed by atoms with van der Waals surface area (Å²) >= 11 is 0. The first-order valence-electron chi connectivity index (χ1n) is 7.12. The van der Waals surface area contributed by atoms with Crippen LogP contribution in [0.1, 0.15) is 11.1 Å². The van der Waals surface area contributed by atoms with Gasteiger partial charge in [-0.25, -0.2) is 0 Å². The van der Waals surface area contributed by atoms with E-state index in [1.165, 1.54) is 0 Å². The molecule has 0 saturated heterocycles. The maximum Gasteiger partial charge on any atom is 0.272 e. The van der Waals surface area contributed by atoms with Crippen LogP contribution in [-0.2, 0) is 13.1 Å². The first kappa shape index (κ1) is 12.8. The second-order valence-corrected chi connectivity index (χ2v) is 5.39. The van der Waals surface area contributed by atoms with Crippen molar-refractivity contribution in [3.8, 4) is 11.5 Å². The molecule has 0 saturated carbocycles. The lowest BCUT2D eigenvalue weighted by Gasteiger charge is -2.24. The Balaban J connectivity index is 1.79. The molecule has 0 amide bonds. The summed E-state index contributed by atoms with van der Waals surface area (Å²) in [7, 11) is 0. The Morgan fingerprint density at radius 2 is 1.64 bits per heavy atom. The van der Waals surface area contributed by atoms with Gasteiger partial charge in [-0.05, 0) is 11.6 Å². The van der Waals surface area contributed by atoms with E-state index >= 15 is 0 Å². The summed E-state index contributed by atoms with van der Waals surface area (Å²) in [5.41, 5.74) is 1.45. The predicted octanol–water partition coefficient (Wildman–Crippen LogP) is 2.60. The van der Waals surface area contributed by atoms with Crippen LogP contribution in [0.4, 0.5) is 5.69 Å². The highest BCUT2D eigenvalue weighted by Gasteiger charge is 2.31. The number of benzene rings is 2. The Morgan fingerprint density at radius 1 is 0.909 bits per heavy atom. The molecule has 4 rings (SSSR count). The van der Waals surface area contributed by atoms with Crippen molar-refractivity contribution in [2.75, 3.05) is 4.90 Å². The summed E-state index contributed by atoms with van der Waals surface area (Å²) in [5, 5.41) is 0. The fourth-order valence-electron chi connectivity index (χ4n) is 2.81. The molecule has 0 radical (unpaired) electrons. The molecular weight excluding hydrogens is 278 g/mol. The number of anilines is 1. The minimum Gasteiger partial charge on any atom is -0.450 e. The zero-order valence-electron chi connectivity index (χ0n) is 11.8. The molecule has 4 nitrogen and oxygen atoms in total. The Kier molecular flexibility index (Phi) is 2.82. The summed E-state index contributed by atoms with van der Waals surface area (Å²) in [4.78, 5) is 25.7. The molecular formula is C18H13NO3. The summed E-state index contributed by atoms with van der Waals surface area (Å²) in [6.45, 7) is 1.11. The third kappa shape index (κ3) is 1.92. The topological polar surface area (TPSA) is 46.6 Å². The van der Waals surface area contributed by atoms with Gasteiger partial charge in [-0.15, -0.1) is 0 Å². The highest BCUT2D eigenvalue weighted by atomic mass is 16.5. The van der Waals surface area contributed by atoms with E-state index in [0.717, 1.165) is 11.1 Å². The lowest BCUT2D eigenvalue weighted by atomic mass is 10.1. The van der Waals surface area contributed by atoms with Crippen molar-refractivity contribution in [3.05, 3.63) is 86.2 Å². The molecule has 3 aromatic carbocycles. The van der Waals surface area contributed by atoms with Crippen molar-refractivity contribution in [1.82, 2.24) is 0 Å². The molecule has 0 atom stereocenters. The summed E-state index contributed by atoms with van der Waals surface area (Å²) in [5.74, 6) is 0.817. The predicted molar refractivity (Wildman–Crippen MR) is 84.2 cm³/mol. The minimum atomic E-state index is -0.537. The van der Waals surface area contributed by atoms with Crippen molar-refractivity contribution in [3.63, 3.8) is 0 Å². The van der Waals surface area contributed by atoms with Gasteiger partial charge in [0.05, 0.1) is 0 Å². The first-order chi connectivity index (χ1) is 10.7. The number of hydrogen-bond donors (Lipinski definition) is 0. The molecule has 0 bridgehead atoms. The van der Waals surface area contributed by atoms with E-state index in [2.05, 4.69) is 0 Å². The van der Waals surface area contributed by atoms with Crippen molar-refractivity contribution >= 4 is 5.69 Å². The second kappa shape index (κ2) is 4.84. The molecule has 3 aromatic rings. The van der Waals surface area contributed by atoms with Gasteiger partial charge in [0.2, 0.25) is 5.75 Å². The molecule has 0 fully saturated rings. The van der Waals surface area contributed by atoms with Gasteiger partial charge < -0.3 is 9.64 Å². The average molecular weight is 291 g/mol. The van der Waals surface area contributed by atoms with Gasteiger partial charge >= 0.3 is 0 Å². The van der Waals surface area contributed by atoms with E-state index in [0.29, 0.717) is 24.5 Å². The number of para-hydroxylation sites is 1. The smallest absolute Gasteiger partial charge is 0.272 e. The number of rotatable bonds is 2. The van der Waals surface area contributed by atoms with Crippen molar-refractivity contribution in [2.24, 2.45) is 0 Å². The van der Waals surface area contributed by atoms with E-state index in [9.17, 15) is 9.59 Å². The van der Waals surface area contributed by atoms with Crippen molar-refractivity contribution in [1.29, 1.82) is 0 Å². The third-order valence-electron chi connectivity index (χ3n) is 3.92. The molecule has 0 aromatic heterocycles. The maximum absolute atomic E-state index is 12.0. The lowest BCUT2D eigenvalue weighted by molar-refractivity contribution is 0.473. The summed E-state index contributed by atoms with van der Waals surface area (Å²) < 4.78 is 5.67. The van der Waals surface area contributed by atoms with Gasteiger partial charge in [0.1, 0.15) is 11.4 Å². The number of hydrogen-bond acceptors (Lipinski definition) is 4. The normalized spacial score (nSPS) is 13.2. The van der Waals surface area contributed by atoms with Crippen molar-refractivity contribution in [2.45, 2.75) is 13.1 Å². The Hall–Kier alpha value is -2.88. The molecule has 22 heavy (non-hydrogen) atoms. The van der Waals surface area contributed by atoms with Gasteiger partial charge in [0, 0.05) is 18.7 Å². The van der Waals surface area contributed by atoms with Gasteiger partial charge in [-0.3, -0.25) is 9.59 Å². The maximum atomic E-state index is 12.0. The number of fused-ring (bicyclic) bond motifs is 2. The fourth-order valence-corrected chi connectivity index (χ4v) is 2.81. The van der Waals surface area contributed by atoms with Crippen LogP contribution >= 0.6 is 0 Å². The zero-order valence-corrected chi connectivity index (χ0v) is 11.8. The van der Waals surface area contributed by atoms with Crippen LogP contribution in [0.15, 0.2) is 64.2 Å². The van der Waals surface area contributed by atoms with Gasteiger partial charge in [-0.1, -0.05) is 48.5 Å². The number of nitrogens with zero attached hydrogens (tertiary/aromatic N) is 1. The quantitative estimate of drug-likeness (QED) is 0.681. The molecule has 1 aliphatic rings. The SMILES string of the molecule is O=c1c2c(c1=O)N(Cc1ccccc1)Cc1ccccc1O2. The van der Waals surface area contributed by atoms with Gasteiger partial charge in [0.15, 0.2) is 0 Å². The van der Waals surface area contributed by atoms with Gasteiger partial charge in [-0.2, -0.15) is 0 Å². The Bertz CT molecular complexity index is 908. The molecule has 1 heterocycles. The molecule has 4 heteroatoms. The van der Waals surface area contributed by atoms with E-state index in [1.807, 2.05) is 59.5 Å². The second-order valence-electron chi connectivity index (χ2n) is 5.39. The van der Waals surface area contributed by atoms with Crippen molar-refractivity contribution < 1.29 is 4.74 Å². The van der Waals surface area contributed by atoms with E-state index in [-0.39, 0.29) is 5.75 Å². The van der Waals surface area contributed by atoms with Crippen LogP contribution in [-0.4, -0.2) is 0 Å². The fraction of sp³-hybridized carbons (Fsp3) is 0.111. The van der Waals surface area contributed by atoms with Crippen LogP contribution in [0.2, 0.25) is 0 Å². The van der Waals surface area contributed by atoms with Crippen LogP contribution in [0.3, 0.4) is 0 Å². The first-order valence-corrected chi connectivity index (χ1v) is 7.12. The number of ether oxygens (including phenoxy) is 1. The molecule has 0 N–H and O–H groups in total. The monoisotopic (exact) mass is 291 g/mol. The van der Waals surface area contributed by atoms with E-state index in [1.54, 1.807) is 0 Å².